The van der Waals surface area contributed by atoms with Crippen LogP contribution >= 0.6 is 0 Å². The van der Waals surface area contributed by atoms with Gasteiger partial charge >= 0.3 is 6.09 Å². The Kier molecular flexibility index (Phi) is 15.7. The van der Waals surface area contributed by atoms with Crippen LogP contribution in [0.4, 0.5) is 16.2 Å². The molecule has 2 atom stereocenters. The van der Waals surface area contributed by atoms with Crippen LogP contribution in [-0.2, 0) is 4.74 Å². The van der Waals surface area contributed by atoms with Gasteiger partial charge in [-0.05, 0) is 72.1 Å². The summed E-state index contributed by atoms with van der Waals surface area (Å²) in [6.07, 6.45) is 0.995. The topological polar surface area (TPSA) is 39.3 Å². The highest BCUT2D eigenvalue weighted by Gasteiger charge is 2.42. The van der Waals surface area contributed by atoms with Crippen LogP contribution in [0, 0.1) is 11.8 Å². The van der Waals surface area contributed by atoms with E-state index in [4.69, 9.17) is 4.74 Å². The van der Waals surface area contributed by atoms with E-state index >= 15 is 0 Å². The van der Waals surface area contributed by atoms with Gasteiger partial charge in [0.1, 0.15) is 5.60 Å². The highest BCUT2D eigenvalue weighted by Crippen LogP contribution is 2.35. The van der Waals surface area contributed by atoms with Crippen molar-refractivity contribution in [3.8, 4) is 0 Å². The maximum absolute atomic E-state index is 12.3. The smallest absolute Gasteiger partial charge is 0.410 e. The van der Waals surface area contributed by atoms with Gasteiger partial charge in [-0.15, -0.1) is 0 Å². The minimum atomic E-state index is -0.428. The van der Waals surface area contributed by atoms with Crippen molar-refractivity contribution in [2.75, 3.05) is 70.2 Å². The molecule has 0 radical (unpaired) electrons. The van der Waals surface area contributed by atoms with Gasteiger partial charge in [0.2, 0.25) is 0 Å². The number of carbonyl (C=O) groups is 1. The number of anilines is 2. The van der Waals surface area contributed by atoms with Crippen LogP contribution in [0.3, 0.4) is 0 Å². The summed E-state index contributed by atoms with van der Waals surface area (Å²) in [6, 6.07) is 8.94. The third-order valence-electron chi connectivity index (χ3n) is 5.89. The number of hydrogen-bond acceptors (Lipinski definition) is 5. The van der Waals surface area contributed by atoms with Crippen molar-refractivity contribution in [2.45, 2.75) is 74.3 Å². The molecular formula is C29H56N4O2. The molecule has 0 bridgehead atoms. The first-order valence-electron chi connectivity index (χ1n) is 13.8. The summed E-state index contributed by atoms with van der Waals surface area (Å²) in [5, 5.41) is 0. The molecule has 6 heteroatoms. The van der Waals surface area contributed by atoms with Crippen molar-refractivity contribution < 1.29 is 9.53 Å². The Morgan fingerprint density at radius 3 is 1.77 bits per heavy atom. The van der Waals surface area contributed by atoms with Gasteiger partial charge < -0.3 is 24.3 Å². The molecule has 2 fully saturated rings. The monoisotopic (exact) mass is 492 g/mol. The summed E-state index contributed by atoms with van der Waals surface area (Å²) in [4.78, 5) is 21.3. The minimum Gasteiger partial charge on any atom is -0.444 e. The molecule has 204 valence electrons. The van der Waals surface area contributed by atoms with Crippen LogP contribution < -0.4 is 9.80 Å². The zero-order valence-corrected chi connectivity index (χ0v) is 25.0. The molecule has 2 aliphatic rings. The second-order valence-corrected chi connectivity index (χ2v) is 9.91. The Labute approximate surface area is 217 Å². The van der Waals surface area contributed by atoms with Gasteiger partial charge in [0, 0.05) is 63.0 Å². The molecule has 0 N–H and O–H groups in total. The van der Waals surface area contributed by atoms with Gasteiger partial charge in [-0.25, -0.2) is 4.79 Å². The van der Waals surface area contributed by atoms with Crippen molar-refractivity contribution in [2.24, 2.45) is 11.8 Å². The summed E-state index contributed by atoms with van der Waals surface area (Å²) in [6.45, 7) is 23.6. The molecule has 2 saturated heterocycles. The second kappa shape index (κ2) is 16.7. The quantitative estimate of drug-likeness (QED) is 0.456. The summed E-state index contributed by atoms with van der Waals surface area (Å²) in [7, 11) is 6.40. The van der Waals surface area contributed by atoms with E-state index < -0.39 is 5.60 Å². The number of rotatable bonds is 6. The molecule has 1 aromatic carbocycles. The van der Waals surface area contributed by atoms with Crippen LogP contribution in [-0.4, -0.2) is 81.9 Å². The predicted octanol–water partition coefficient (Wildman–Crippen LogP) is 6.46. The standard InChI is InChI=1S/C23H38N4O2.3C2H6/c1-23(2,3)29-22(28)27-16-18-14-26(15-19(18)17-27)21-10-8-20(9-11-21)25(6)13-7-12-24(4)5;3*1-2/h8-11,18-19H,7,12-17H2,1-6H3;3*1-2H3/t18-,19+;;;. The summed E-state index contributed by atoms with van der Waals surface area (Å²) >= 11 is 0. The Hall–Kier alpha value is -1.95. The van der Waals surface area contributed by atoms with Crippen molar-refractivity contribution in [3.05, 3.63) is 24.3 Å². The minimum absolute atomic E-state index is 0.167. The van der Waals surface area contributed by atoms with Crippen LogP contribution in [0.1, 0.15) is 68.7 Å². The maximum Gasteiger partial charge on any atom is 0.410 e. The predicted molar refractivity (Wildman–Crippen MR) is 154 cm³/mol. The molecule has 2 aliphatic heterocycles. The Morgan fingerprint density at radius 1 is 0.857 bits per heavy atom. The van der Waals surface area contributed by atoms with E-state index in [1.165, 1.54) is 11.4 Å². The molecule has 0 saturated carbocycles. The number of likely N-dealkylation sites (tertiary alicyclic amines) is 1. The van der Waals surface area contributed by atoms with E-state index in [-0.39, 0.29) is 6.09 Å². The van der Waals surface area contributed by atoms with E-state index in [0.717, 1.165) is 45.7 Å². The van der Waals surface area contributed by atoms with Crippen LogP contribution in [0.2, 0.25) is 0 Å². The van der Waals surface area contributed by atoms with Gasteiger partial charge in [-0.2, -0.15) is 0 Å². The molecule has 0 unspecified atom stereocenters. The van der Waals surface area contributed by atoms with Gasteiger partial charge in [0.05, 0.1) is 0 Å². The number of amides is 1. The van der Waals surface area contributed by atoms with Crippen LogP contribution in [0.15, 0.2) is 24.3 Å². The molecular weight excluding hydrogens is 436 g/mol. The first-order chi connectivity index (χ1) is 16.6. The van der Waals surface area contributed by atoms with Crippen molar-refractivity contribution in [1.29, 1.82) is 0 Å². The zero-order chi connectivity index (χ0) is 27.2. The summed E-state index contributed by atoms with van der Waals surface area (Å²) < 4.78 is 5.54. The lowest BCUT2D eigenvalue weighted by molar-refractivity contribution is 0.0282. The number of carbonyl (C=O) groups excluding carboxylic acids is 1. The fourth-order valence-corrected chi connectivity index (χ4v) is 4.35. The highest BCUT2D eigenvalue weighted by atomic mass is 16.6. The van der Waals surface area contributed by atoms with E-state index in [9.17, 15) is 4.79 Å². The molecule has 2 heterocycles. The van der Waals surface area contributed by atoms with Crippen molar-refractivity contribution >= 4 is 17.5 Å². The van der Waals surface area contributed by atoms with E-state index in [1.54, 1.807) is 0 Å². The number of hydrogen-bond donors (Lipinski definition) is 0. The lowest BCUT2D eigenvalue weighted by atomic mass is 10.0. The molecule has 1 aromatic rings. The largest absolute Gasteiger partial charge is 0.444 e. The third-order valence-corrected chi connectivity index (χ3v) is 5.89. The Balaban J connectivity index is 0.00000179. The first-order valence-corrected chi connectivity index (χ1v) is 13.8. The number of fused-ring (bicyclic) bond motifs is 1. The van der Waals surface area contributed by atoms with Crippen molar-refractivity contribution in [1.82, 2.24) is 9.80 Å². The maximum atomic E-state index is 12.3. The number of benzene rings is 1. The van der Waals surface area contributed by atoms with Gasteiger partial charge in [0.15, 0.2) is 0 Å². The molecule has 0 aliphatic carbocycles. The van der Waals surface area contributed by atoms with E-state index in [0.29, 0.717) is 11.8 Å². The Bertz CT molecular complexity index is 671. The van der Waals surface area contributed by atoms with Crippen LogP contribution in [0.5, 0.6) is 0 Å². The molecule has 6 nitrogen and oxygen atoms in total. The third kappa shape index (κ3) is 11.1. The lowest BCUT2D eigenvalue weighted by Gasteiger charge is -2.27. The second-order valence-electron chi connectivity index (χ2n) is 9.91. The Morgan fingerprint density at radius 2 is 1.34 bits per heavy atom. The summed E-state index contributed by atoms with van der Waals surface area (Å²) in [5.74, 6) is 1.08. The molecule has 1 amide bonds. The van der Waals surface area contributed by atoms with Crippen molar-refractivity contribution in [3.63, 3.8) is 0 Å². The average molecular weight is 493 g/mol. The fraction of sp³-hybridized carbons (Fsp3) is 0.759. The molecule has 35 heavy (non-hydrogen) atoms. The van der Waals surface area contributed by atoms with E-state index in [1.807, 2.05) is 67.2 Å². The molecule has 3 rings (SSSR count). The normalized spacial score (nSPS) is 18.4. The van der Waals surface area contributed by atoms with E-state index in [2.05, 4.69) is 60.1 Å². The first kappa shape index (κ1) is 33.0. The molecule has 0 aromatic heterocycles. The SMILES string of the molecule is CC.CC.CC.CN(C)CCCN(C)c1ccc(N2C[C@H]3CN(C(=O)OC(C)(C)C)C[C@H]3C2)cc1. The average Bonchev–Trinajstić information content (AvgIpc) is 3.42. The van der Waals surface area contributed by atoms with Gasteiger partial charge in [-0.1, -0.05) is 41.5 Å². The lowest BCUT2D eigenvalue weighted by Crippen LogP contribution is -2.37. The molecule has 0 spiro atoms. The summed E-state index contributed by atoms with van der Waals surface area (Å²) in [5.41, 5.74) is 2.12. The highest BCUT2D eigenvalue weighted by molar-refractivity contribution is 5.68. The number of ether oxygens (including phenoxy) is 1. The number of nitrogens with zero attached hydrogens (tertiary/aromatic N) is 4. The van der Waals surface area contributed by atoms with Crippen LogP contribution in [0.25, 0.3) is 0 Å². The zero-order valence-electron chi connectivity index (χ0n) is 25.0. The fourth-order valence-electron chi connectivity index (χ4n) is 4.35. The van der Waals surface area contributed by atoms with Gasteiger partial charge in [-0.3, -0.25) is 0 Å². The van der Waals surface area contributed by atoms with Gasteiger partial charge in [0.25, 0.3) is 0 Å².